The van der Waals surface area contributed by atoms with Gasteiger partial charge in [0.25, 0.3) is 5.91 Å². The van der Waals surface area contributed by atoms with Gasteiger partial charge in [0.1, 0.15) is 5.75 Å². The Balaban J connectivity index is 1.50. The molecule has 0 unspecified atom stereocenters. The summed E-state index contributed by atoms with van der Waals surface area (Å²) in [5, 5.41) is 3.95. The van der Waals surface area contributed by atoms with Crippen molar-refractivity contribution in [2.45, 2.75) is 33.1 Å². The summed E-state index contributed by atoms with van der Waals surface area (Å²) < 4.78 is 10.6. The van der Waals surface area contributed by atoms with E-state index < -0.39 is 0 Å². The number of ether oxygens (including phenoxy) is 1. The summed E-state index contributed by atoms with van der Waals surface area (Å²) in [5.41, 5.74) is 1.17. The first kappa shape index (κ1) is 16.5. The van der Waals surface area contributed by atoms with E-state index >= 15 is 0 Å². The van der Waals surface area contributed by atoms with Crippen LogP contribution < -0.4 is 4.74 Å². The number of benzene rings is 1. The van der Waals surface area contributed by atoms with Crippen LogP contribution in [0.3, 0.4) is 0 Å². The van der Waals surface area contributed by atoms with Crippen molar-refractivity contribution in [1.29, 1.82) is 0 Å². The monoisotopic (exact) mass is 329 g/mol. The number of hydrogen-bond donors (Lipinski definition) is 0. The van der Waals surface area contributed by atoms with Crippen molar-refractivity contribution in [3.05, 3.63) is 41.5 Å². The number of nitrogens with zero attached hydrogens (tertiary/aromatic N) is 3. The van der Waals surface area contributed by atoms with Crippen LogP contribution in [0.2, 0.25) is 0 Å². The molecule has 1 aliphatic heterocycles. The smallest absolute Gasteiger partial charge is 0.260 e. The first-order valence-corrected chi connectivity index (χ1v) is 8.36. The lowest BCUT2D eigenvalue weighted by atomic mass is 9.94. The van der Waals surface area contributed by atoms with E-state index in [1.165, 1.54) is 5.56 Å². The van der Waals surface area contributed by atoms with Gasteiger partial charge >= 0.3 is 0 Å². The summed E-state index contributed by atoms with van der Waals surface area (Å²) in [6.07, 6.45) is 2.83. The second-order valence-electron chi connectivity index (χ2n) is 6.38. The Bertz CT molecular complexity index is 681. The Labute approximate surface area is 141 Å². The van der Waals surface area contributed by atoms with Gasteiger partial charge in [-0.25, -0.2) is 0 Å². The number of amides is 1. The fourth-order valence-corrected chi connectivity index (χ4v) is 3.01. The average Bonchev–Trinajstić information content (AvgIpc) is 2.99. The van der Waals surface area contributed by atoms with Crippen molar-refractivity contribution in [2.24, 2.45) is 5.92 Å². The van der Waals surface area contributed by atoms with Crippen molar-refractivity contribution in [3.8, 4) is 5.75 Å². The molecular weight excluding hydrogens is 306 g/mol. The van der Waals surface area contributed by atoms with Crippen LogP contribution in [-0.4, -0.2) is 40.6 Å². The van der Waals surface area contributed by atoms with E-state index in [-0.39, 0.29) is 12.5 Å². The van der Waals surface area contributed by atoms with Crippen LogP contribution in [0.25, 0.3) is 0 Å². The first-order valence-electron chi connectivity index (χ1n) is 8.36. The largest absolute Gasteiger partial charge is 0.484 e. The molecule has 0 aliphatic carbocycles. The molecule has 1 amide bonds. The molecule has 1 aromatic carbocycles. The quantitative estimate of drug-likeness (QED) is 0.843. The number of aromatic nitrogens is 2. The molecule has 0 radical (unpaired) electrons. The minimum Gasteiger partial charge on any atom is -0.484 e. The number of carbonyl (C=O) groups excluding carboxylic acids is 1. The highest BCUT2D eigenvalue weighted by Gasteiger charge is 2.25. The molecule has 1 atom stereocenters. The number of hydrogen-bond acceptors (Lipinski definition) is 5. The van der Waals surface area contributed by atoms with Crippen LogP contribution in [0.15, 0.2) is 28.8 Å². The van der Waals surface area contributed by atoms with Crippen molar-refractivity contribution >= 4 is 5.91 Å². The van der Waals surface area contributed by atoms with Crippen LogP contribution in [0, 0.1) is 19.8 Å². The van der Waals surface area contributed by atoms with Crippen LogP contribution >= 0.6 is 0 Å². The van der Waals surface area contributed by atoms with Crippen molar-refractivity contribution in [1.82, 2.24) is 15.0 Å². The van der Waals surface area contributed by atoms with Gasteiger partial charge in [0.2, 0.25) is 5.89 Å². The van der Waals surface area contributed by atoms with Crippen LogP contribution in [0.4, 0.5) is 0 Å². The lowest BCUT2D eigenvalue weighted by Crippen LogP contribution is -2.42. The van der Waals surface area contributed by atoms with E-state index in [1.807, 2.05) is 36.1 Å². The molecule has 0 bridgehead atoms. The minimum absolute atomic E-state index is 0.0320. The normalized spacial score (nSPS) is 17.8. The molecule has 2 heterocycles. The Hall–Kier alpha value is -2.37. The van der Waals surface area contributed by atoms with E-state index in [0.717, 1.165) is 43.9 Å². The third-order valence-corrected chi connectivity index (χ3v) is 4.30. The molecule has 1 saturated heterocycles. The van der Waals surface area contributed by atoms with E-state index in [9.17, 15) is 4.79 Å². The van der Waals surface area contributed by atoms with E-state index in [4.69, 9.17) is 9.26 Å². The molecule has 128 valence electrons. The third-order valence-electron chi connectivity index (χ3n) is 4.30. The molecular formula is C18H23N3O3. The highest BCUT2D eigenvalue weighted by atomic mass is 16.5. The Morgan fingerprint density at radius 3 is 2.83 bits per heavy atom. The van der Waals surface area contributed by atoms with E-state index in [2.05, 4.69) is 10.1 Å². The molecule has 0 spiro atoms. The predicted octanol–water partition coefficient (Wildman–Crippen LogP) is 2.55. The molecule has 3 rings (SSSR count). The zero-order valence-electron chi connectivity index (χ0n) is 14.2. The van der Waals surface area contributed by atoms with Gasteiger partial charge in [0.15, 0.2) is 12.4 Å². The van der Waals surface area contributed by atoms with Gasteiger partial charge in [-0.2, -0.15) is 4.98 Å². The Kier molecular flexibility index (Phi) is 5.13. The van der Waals surface area contributed by atoms with Gasteiger partial charge in [-0.15, -0.1) is 0 Å². The third kappa shape index (κ3) is 4.34. The summed E-state index contributed by atoms with van der Waals surface area (Å²) in [7, 11) is 0. The molecule has 24 heavy (non-hydrogen) atoms. The average molecular weight is 329 g/mol. The second-order valence-corrected chi connectivity index (χ2v) is 6.38. The van der Waals surface area contributed by atoms with Crippen LogP contribution in [-0.2, 0) is 11.2 Å². The Morgan fingerprint density at radius 2 is 2.12 bits per heavy atom. The van der Waals surface area contributed by atoms with Gasteiger partial charge in [0.05, 0.1) is 0 Å². The first-order chi connectivity index (χ1) is 11.6. The zero-order chi connectivity index (χ0) is 16.9. The second kappa shape index (κ2) is 7.47. The van der Waals surface area contributed by atoms with Crippen molar-refractivity contribution in [2.75, 3.05) is 19.7 Å². The number of rotatable bonds is 5. The zero-order valence-corrected chi connectivity index (χ0v) is 14.2. The van der Waals surface area contributed by atoms with Crippen LogP contribution in [0.5, 0.6) is 5.75 Å². The number of piperidine rings is 1. The fourth-order valence-electron chi connectivity index (χ4n) is 3.01. The maximum absolute atomic E-state index is 12.4. The molecule has 1 fully saturated rings. The Morgan fingerprint density at radius 1 is 1.33 bits per heavy atom. The van der Waals surface area contributed by atoms with E-state index in [1.54, 1.807) is 6.92 Å². The van der Waals surface area contributed by atoms with Gasteiger partial charge < -0.3 is 14.2 Å². The minimum atomic E-state index is 0.0320. The van der Waals surface area contributed by atoms with Crippen molar-refractivity contribution < 1.29 is 14.1 Å². The fraction of sp³-hybridized carbons (Fsp3) is 0.500. The summed E-state index contributed by atoms with van der Waals surface area (Å²) in [6.45, 7) is 5.41. The summed E-state index contributed by atoms with van der Waals surface area (Å²) in [5.74, 6) is 2.44. The van der Waals surface area contributed by atoms with Gasteiger partial charge in [-0.1, -0.05) is 22.9 Å². The highest BCUT2D eigenvalue weighted by Crippen LogP contribution is 2.20. The summed E-state index contributed by atoms with van der Waals surface area (Å²) in [6, 6.07) is 7.73. The molecule has 6 heteroatoms. The summed E-state index contributed by atoms with van der Waals surface area (Å²) >= 11 is 0. The maximum atomic E-state index is 12.4. The predicted molar refractivity (Wildman–Crippen MR) is 88.7 cm³/mol. The molecule has 1 aliphatic rings. The van der Waals surface area contributed by atoms with Gasteiger partial charge in [-0.05, 0) is 37.8 Å². The summed E-state index contributed by atoms with van der Waals surface area (Å²) in [4.78, 5) is 18.5. The highest BCUT2D eigenvalue weighted by molar-refractivity contribution is 5.77. The maximum Gasteiger partial charge on any atom is 0.260 e. The number of likely N-dealkylation sites (tertiary alicyclic amines) is 1. The molecule has 1 aromatic heterocycles. The molecule has 0 N–H and O–H groups in total. The van der Waals surface area contributed by atoms with Crippen LogP contribution in [0.1, 0.15) is 30.1 Å². The van der Waals surface area contributed by atoms with Gasteiger partial charge in [-0.3, -0.25) is 4.79 Å². The number of aryl methyl sites for hydroxylation is 2. The molecule has 6 nitrogen and oxygen atoms in total. The number of carbonyl (C=O) groups is 1. The lowest BCUT2D eigenvalue weighted by molar-refractivity contribution is -0.135. The topological polar surface area (TPSA) is 68.5 Å². The standard InChI is InChI=1S/C18H23N3O3/c1-13-5-7-16(8-6-13)23-12-18(22)21-9-3-4-15(11-21)10-17-19-14(2)24-20-17/h5-8,15H,3-4,9-12H2,1-2H3/t15-/m0/s1. The van der Waals surface area contributed by atoms with Gasteiger partial charge in [0, 0.05) is 26.4 Å². The van der Waals surface area contributed by atoms with E-state index in [0.29, 0.717) is 11.8 Å². The van der Waals surface area contributed by atoms with Crippen molar-refractivity contribution in [3.63, 3.8) is 0 Å². The molecule has 0 saturated carbocycles. The molecule has 2 aromatic rings. The lowest BCUT2D eigenvalue weighted by Gasteiger charge is -2.32. The SMILES string of the molecule is Cc1ccc(OCC(=O)N2CCC[C@@H](Cc3noc(C)n3)C2)cc1.